The topological polar surface area (TPSA) is 67.9 Å². The molecule has 1 aliphatic rings. The molecule has 2 aromatic heterocycles. The number of nitrogens with two attached hydrogens (primary N) is 1. The molecule has 0 aromatic carbocycles. The first-order chi connectivity index (χ1) is 10.2. The van der Waals surface area contributed by atoms with Gasteiger partial charge in [-0.2, -0.15) is 0 Å². The highest BCUT2D eigenvalue weighted by atomic mass is 15.2. The Morgan fingerprint density at radius 3 is 2.57 bits per heavy atom. The van der Waals surface area contributed by atoms with Crippen molar-refractivity contribution >= 4 is 11.6 Å². The first kappa shape index (κ1) is 13.8. The fourth-order valence-corrected chi connectivity index (χ4v) is 2.42. The van der Waals surface area contributed by atoms with E-state index in [9.17, 15) is 0 Å². The Balaban J connectivity index is 1.92. The molecule has 0 aliphatic heterocycles. The van der Waals surface area contributed by atoms with Gasteiger partial charge in [0.15, 0.2) is 0 Å². The molecule has 1 fully saturated rings. The van der Waals surface area contributed by atoms with Gasteiger partial charge in [0.25, 0.3) is 0 Å². The van der Waals surface area contributed by atoms with E-state index in [0.29, 0.717) is 11.7 Å². The first-order valence-electron chi connectivity index (χ1n) is 7.47. The van der Waals surface area contributed by atoms with Crippen LogP contribution in [0.4, 0.5) is 11.6 Å². The normalized spacial score (nSPS) is 14.2. The zero-order valence-corrected chi connectivity index (χ0v) is 12.6. The highest BCUT2D eigenvalue weighted by Crippen LogP contribution is 2.39. The second-order valence-electron chi connectivity index (χ2n) is 5.56. The van der Waals surface area contributed by atoms with Gasteiger partial charge in [-0.1, -0.05) is 0 Å². The summed E-state index contributed by atoms with van der Waals surface area (Å²) in [5.41, 5.74) is 8.27. The van der Waals surface area contributed by atoms with Crippen LogP contribution >= 0.6 is 0 Å². The first-order valence-corrected chi connectivity index (χ1v) is 7.47. The van der Waals surface area contributed by atoms with Crippen molar-refractivity contribution in [3.63, 3.8) is 0 Å². The van der Waals surface area contributed by atoms with Gasteiger partial charge in [-0.3, -0.25) is 4.98 Å². The summed E-state index contributed by atoms with van der Waals surface area (Å²) in [7, 11) is 0. The van der Waals surface area contributed by atoms with Crippen molar-refractivity contribution in [1.82, 2.24) is 15.0 Å². The molecule has 3 rings (SSSR count). The molecule has 5 nitrogen and oxygen atoms in total. The lowest BCUT2D eigenvalue weighted by molar-refractivity contribution is 0.789. The lowest BCUT2D eigenvalue weighted by atomic mass is 10.2. The smallest absolute Gasteiger partial charge is 0.137 e. The fraction of sp³-hybridized carbons (Fsp3) is 0.438. The highest BCUT2D eigenvalue weighted by molar-refractivity contribution is 5.57. The lowest BCUT2D eigenvalue weighted by Crippen LogP contribution is -2.25. The summed E-state index contributed by atoms with van der Waals surface area (Å²) in [4.78, 5) is 15.5. The molecular weight excluding hydrogens is 262 g/mol. The second kappa shape index (κ2) is 5.68. The zero-order valence-electron chi connectivity index (χ0n) is 12.6. The van der Waals surface area contributed by atoms with Crippen molar-refractivity contribution < 1.29 is 0 Å². The Morgan fingerprint density at radius 2 is 1.95 bits per heavy atom. The fourth-order valence-electron chi connectivity index (χ4n) is 2.42. The number of hydrogen-bond donors (Lipinski definition) is 1. The van der Waals surface area contributed by atoms with E-state index >= 15 is 0 Å². The van der Waals surface area contributed by atoms with Crippen LogP contribution in [0.2, 0.25) is 0 Å². The molecule has 0 bridgehead atoms. The van der Waals surface area contributed by atoms with Gasteiger partial charge in [0, 0.05) is 37.0 Å². The Bertz CT molecular complexity index is 622. The van der Waals surface area contributed by atoms with Gasteiger partial charge in [0.05, 0.1) is 0 Å². The van der Waals surface area contributed by atoms with Gasteiger partial charge in [-0.25, -0.2) is 9.97 Å². The Morgan fingerprint density at radius 1 is 1.24 bits per heavy atom. The monoisotopic (exact) mass is 283 g/mol. The number of rotatable bonds is 5. The van der Waals surface area contributed by atoms with Crippen molar-refractivity contribution in [2.75, 3.05) is 17.2 Å². The van der Waals surface area contributed by atoms with Crippen LogP contribution < -0.4 is 10.6 Å². The van der Waals surface area contributed by atoms with Crippen molar-refractivity contribution in [2.24, 2.45) is 0 Å². The Kier molecular flexibility index (Phi) is 3.73. The molecule has 21 heavy (non-hydrogen) atoms. The molecule has 2 N–H and O–H groups in total. The molecule has 0 saturated heterocycles. The number of aromatic nitrogens is 3. The summed E-state index contributed by atoms with van der Waals surface area (Å²) >= 11 is 0. The summed E-state index contributed by atoms with van der Waals surface area (Å²) in [5.74, 6) is 2.98. The largest absolute Gasteiger partial charge is 0.383 e. The molecular formula is C16H21N5. The van der Waals surface area contributed by atoms with E-state index in [1.807, 2.05) is 31.5 Å². The van der Waals surface area contributed by atoms with Crippen molar-refractivity contribution in [1.29, 1.82) is 0 Å². The maximum absolute atomic E-state index is 6.09. The SMILES string of the molecule is CCN(Cc1ccncc1)c1nc(C2CC2)nc(N)c1C. The molecule has 0 spiro atoms. The van der Waals surface area contributed by atoms with Crippen LogP contribution in [0.15, 0.2) is 24.5 Å². The molecule has 110 valence electrons. The van der Waals surface area contributed by atoms with Crippen LogP contribution in [-0.2, 0) is 6.54 Å². The van der Waals surface area contributed by atoms with Crippen LogP contribution in [0.1, 0.15) is 42.6 Å². The molecule has 1 aliphatic carbocycles. The van der Waals surface area contributed by atoms with Gasteiger partial charge in [0.1, 0.15) is 17.5 Å². The van der Waals surface area contributed by atoms with Crippen LogP contribution in [-0.4, -0.2) is 21.5 Å². The predicted octanol–water partition coefficient (Wildman–Crippen LogP) is 2.67. The minimum Gasteiger partial charge on any atom is -0.383 e. The van der Waals surface area contributed by atoms with Gasteiger partial charge >= 0.3 is 0 Å². The summed E-state index contributed by atoms with van der Waals surface area (Å²) in [6.45, 7) is 5.82. The number of nitrogen functional groups attached to an aromatic ring is 1. The van der Waals surface area contributed by atoms with Gasteiger partial charge in [0.2, 0.25) is 0 Å². The van der Waals surface area contributed by atoms with Crippen molar-refractivity contribution in [2.45, 2.75) is 39.2 Å². The Hall–Kier alpha value is -2.17. The van der Waals surface area contributed by atoms with E-state index in [-0.39, 0.29) is 0 Å². The van der Waals surface area contributed by atoms with Crippen LogP contribution in [0.3, 0.4) is 0 Å². The molecule has 0 amide bonds. The molecule has 0 unspecified atom stereocenters. The average Bonchev–Trinajstić information content (AvgIpc) is 3.33. The van der Waals surface area contributed by atoms with Crippen molar-refractivity contribution in [3.8, 4) is 0 Å². The van der Waals surface area contributed by atoms with E-state index in [4.69, 9.17) is 10.7 Å². The molecule has 1 saturated carbocycles. The molecule has 0 atom stereocenters. The van der Waals surface area contributed by atoms with E-state index in [2.05, 4.69) is 21.8 Å². The summed E-state index contributed by atoms with van der Waals surface area (Å²) in [5, 5.41) is 0. The quantitative estimate of drug-likeness (QED) is 0.913. The summed E-state index contributed by atoms with van der Waals surface area (Å²) < 4.78 is 0. The van der Waals surface area contributed by atoms with Gasteiger partial charge in [-0.05, 0) is 44.4 Å². The maximum Gasteiger partial charge on any atom is 0.137 e. The number of nitrogens with zero attached hydrogens (tertiary/aromatic N) is 4. The predicted molar refractivity (Wildman–Crippen MR) is 84.1 cm³/mol. The Labute approximate surface area is 125 Å². The highest BCUT2D eigenvalue weighted by Gasteiger charge is 2.28. The van der Waals surface area contributed by atoms with Gasteiger partial charge < -0.3 is 10.6 Å². The van der Waals surface area contributed by atoms with Crippen LogP contribution in [0, 0.1) is 6.92 Å². The van der Waals surface area contributed by atoms with E-state index in [0.717, 1.165) is 30.3 Å². The zero-order chi connectivity index (χ0) is 14.8. The molecule has 2 aromatic rings. The van der Waals surface area contributed by atoms with Crippen LogP contribution in [0.25, 0.3) is 0 Å². The average molecular weight is 283 g/mol. The second-order valence-corrected chi connectivity index (χ2v) is 5.56. The minimum atomic E-state index is 0.506. The van der Waals surface area contributed by atoms with E-state index in [1.54, 1.807) is 0 Å². The van der Waals surface area contributed by atoms with Crippen LogP contribution in [0.5, 0.6) is 0 Å². The maximum atomic E-state index is 6.09. The molecule has 5 heteroatoms. The molecule has 0 radical (unpaired) electrons. The molecule has 2 heterocycles. The van der Waals surface area contributed by atoms with E-state index < -0.39 is 0 Å². The third-order valence-electron chi connectivity index (χ3n) is 3.92. The lowest BCUT2D eigenvalue weighted by Gasteiger charge is -2.24. The number of hydrogen-bond acceptors (Lipinski definition) is 5. The van der Waals surface area contributed by atoms with E-state index in [1.165, 1.54) is 18.4 Å². The number of anilines is 2. The van der Waals surface area contributed by atoms with Gasteiger partial charge in [-0.15, -0.1) is 0 Å². The number of pyridine rings is 1. The minimum absolute atomic E-state index is 0.506. The summed E-state index contributed by atoms with van der Waals surface area (Å²) in [6.07, 6.45) is 6.00. The summed E-state index contributed by atoms with van der Waals surface area (Å²) in [6, 6.07) is 4.06. The standard InChI is InChI=1S/C16H21N5/c1-3-21(10-12-6-8-18-9-7-12)16-11(2)14(17)19-15(20-16)13-4-5-13/h6-9,13H,3-5,10H2,1-2H3,(H2,17,19,20). The third kappa shape index (κ3) is 2.96. The third-order valence-corrected chi connectivity index (χ3v) is 3.92. The van der Waals surface area contributed by atoms with Crippen molar-refractivity contribution in [3.05, 3.63) is 41.5 Å².